The SMILES string of the molecule is CC(C)(COP(=O)(O)OP(=O)(O)OC[C@H]1O[C@@H](n2cnc3c(N)ncnc32)[C@H](O)[C@@H]1OP(=O)(O)O)[C@@H](O)C(=O)NCCC(=O)NCCSC(=O)C(CC(=O)O)Cc1ccc2ccccc2c1. The number of nitrogen functional groups attached to an aromatic ring is 1. The van der Waals surface area contributed by atoms with E-state index in [1.807, 2.05) is 42.5 Å². The van der Waals surface area contributed by atoms with Gasteiger partial charge in [-0.05, 0) is 22.8 Å². The summed E-state index contributed by atoms with van der Waals surface area (Å²) in [4.78, 5) is 101. The van der Waals surface area contributed by atoms with Crippen LogP contribution in [0.15, 0.2) is 55.1 Å². The van der Waals surface area contributed by atoms with Crippen LogP contribution in [0.1, 0.15) is 38.5 Å². The second kappa shape index (κ2) is 22.2. The van der Waals surface area contributed by atoms with Crippen molar-refractivity contribution in [2.75, 3.05) is 37.8 Å². The highest BCUT2D eigenvalue weighted by Crippen LogP contribution is 2.61. The number of nitrogens with two attached hydrogens (primary N) is 1. The molecule has 2 amide bonds. The zero-order valence-corrected chi connectivity index (χ0v) is 38.5. The quantitative estimate of drug-likeness (QED) is 0.0348. The predicted molar refractivity (Wildman–Crippen MR) is 230 cm³/mol. The average molecular weight is 1010 g/mol. The number of benzene rings is 2. The van der Waals surface area contributed by atoms with Crippen LogP contribution in [-0.4, -0.2) is 134 Å². The minimum atomic E-state index is -5.61. The van der Waals surface area contributed by atoms with Crippen molar-refractivity contribution >= 4 is 85.9 Å². The molecule has 2 aromatic carbocycles. The van der Waals surface area contributed by atoms with Crippen molar-refractivity contribution in [1.82, 2.24) is 30.2 Å². The Hall–Kier alpha value is -4.27. The van der Waals surface area contributed by atoms with E-state index in [2.05, 4.69) is 34.4 Å². The van der Waals surface area contributed by atoms with Crippen LogP contribution in [0.5, 0.6) is 0 Å². The highest BCUT2D eigenvalue weighted by atomic mass is 32.2. The summed E-state index contributed by atoms with van der Waals surface area (Å²) < 4.78 is 62.4. The van der Waals surface area contributed by atoms with E-state index >= 15 is 0 Å². The number of hydrogen-bond acceptors (Lipinski definition) is 19. The van der Waals surface area contributed by atoms with Gasteiger partial charge in [0.2, 0.25) is 11.8 Å². The maximum absolute atomic E-state index is 12.9. The van der Waals surface area contributed by atoms with Crippen LogP contribution < -0.4 is 16.4 Å². The van der Waals surface area contributed by atoms with Gasteiger partial charge in [-0.1, -0.05) is 68.1 Å². The summed E-state index contributed by atoms with van der Waals surface area (Å²) in [5, 5.41) is 37.5. The van der Waals surface area contributed by atoms with Gasteiger partial charge >= 0.3 is 29.4 Å². The van der Waals surface area contributed by atoms with E-state index < -0.39 is 96.4 Å². The number of phosphoric acid groups is 3. The summed E-state index contributed by atoms with van der Waals surface area (Å²) in [7, 11) is -16.5. The fourth-order valence-electron chi connectivity index (χ4n) is 6.50. The molecule has 0 bridgehead atoms. The normalized spacial score (nSPS) is 20.6. The number of carboxylic acid groups (broad SMARTS) is 1. The first-order valence-corrected chi connectivity index (χ1v) is 25.1. The van der Waals surface area contributed by atoms with Crippen molar-refractivity contribution in [2.45, 2.75) is 63.8 Å². The number of fused-ring (bicyclic) bond motifs is 2. The fourth-order valence-corrected chi connectivity index (χ4v) is 10.1. The van der Waals surface area contributed by atoms with E-state index in [4.69, 9.17) is 19.5 Å². The fraction of sp³-hybridized carbons (Fsp3) is 0.472. The highest BCUT2D eigenvalue weighted by Gasteiger charge is 2.50. The molecule has 362 valence electrons. The minimum absolute atomic E-state index is 0.0176. The summed E-state index contributed by atoms with van der Waals surface area (Å²) in [6.45, 7) is 0.150. The molecule has 3 heterocycles. The molecule has 0 spiro atoms. The van der Waals surface area contributed by atoms with Gasteiger partial charge in [-0.2, -0.15) is 4.31 Å². The average Bonchev–Trinajstić information content (AvgIpc) is 3.79. The number of imidazole rings is 1. The summed E-state index contributed by atoms with van der Waals surface area (Å²) in [6, 6.07) is 13.3. The Morgan fingerprint density at radius 1 is 0.970 bits per heavy atom. The van der Waals surface area contributed by atoms with Crippen LogP contribution in [0, 0.1) is 11.3 Å². The monoisotopic (exact) mass is 1010 g/mol. The molecule has 26 nitrogen and oxygen atoms in total. The molecule has 8 atom stereocenters. The van der Waals surface area contributed by atoms with Gasteiger partial charge in [0.25, 0.3) is 0 Å². The van der Waals surface area contributed by atoms with Crippen LogP contribution in [0.25, 0.3) is 21.9 Å². The zero-order chi connectivity index (χ0) is 48.6. The lowest BCUT2D eigenvalue weighted by Gasteiger charge is -2.30. The van der Waals surface area contributed by atoms with Crippen LogP contribution in [0.2, 0.25) is 0 Å². The Kier molecular flexibility index (Phi) is 17.7. The lowest BCUT2D eigenvalue weighted by atomic mass is 9.87. The third-order valence-corrected chi connectivity index (χ3v) is 13.9. The molecule has 4 aromatic rings. The van der Waals surface area contributed by atoms with E-state index in [1.165, 1.54) is 13.8 Å². The molecule has 66 heavy (non-hydrogen) atoms. The van der Waals surface area contributed by atoms with Gasteiger partial charge in [0.1, 0.15) is 36.3 Å². The number of carboxylic acids is 1. The number of aromatic nitrogens is 4. The molecule has 3 unspecified atom stereocenters. The number of phosphoric ester groups is 3. The zero-order valence-electron chi connectivity index (χ0n) is 35.0. The van der Waals surface area contributed by atoms with E-state index in [0.717, 1.165) is 45.3 Å². The van der Waals surface area contributed by atoms with Crippen molar-refractivity contribution in [3.63, 3.8) is 0 Å². The number of nitrogens with one attached hydrogen (secondary N) is 2. The van der Waals surface area contributed by atoms with Crippen molar-refractivity contribution in [3.05, 3.63) is 60.7 Å². The first-order valence-electron chi connectivity index (χ1n) is 19.6. The maximum atomic E-state index is 12.9. The third kappa shape index (κ3) is 14.9. The van der Waals surface area contributed by atoms with Crippen LogP contribution in [0.4, 0.5) is 5.82 Å². The molecular formula is C36H48N7O19P3S. The Bertz CT molecular complexity index is 2550. The topological polar surface area (TPSA) is 401 Å². The van der Waals surface area contributed by atoms with E-state index in [1.54, 1.807) is 0 Å². The largest absolute Gasteiger partial charge is 0.481 e. The van der Waals surface area contributed by atoms with E-state index in [9.17, 15) is 67.8 Å². The van der Waals surface area contributed by atoms with Gasteiger partial charge in [0.15, 0.2) is 22.8 Å². The smallest absolute Gasteiger partial charge is 0.481 e. The summed E-state index contributed by atoms with van der Waals surface area (Å²) in [6.07, 6.45) is -7.31. The molecule has 1 aliphatic rings. The molecule has 30 heteroatoms. The van der Waals surface area contributed by atoms with Crippen LogP contribution in [-0.2, 0) is 61.9 Å². The molecule has 0 radical (unpaired) electrons. The number of hydrogen-bond donors (Lipinski definition) is 10. The molecule has 0 saturated carbocycles. The minimum Gasteiger partial charge on any atom is -0.481 e. The lowest BCUT2D eigenvalue weighted by molar-refractivity contribution is -0.139. The summed E-state index contributed by atoms with van der Waals surface area (Å²) >= 11 is 0.880. The number of amides is 2. The van der Waals surface area contributed by atoms with Gasteiger partial charge in [-0.3, -0.25) is 37.3 Å². The molecule has 5 rings (SSSR count). The number of thioether (sulfide) groups is 1. The Balaban J connectivity index is 1.03. The van der Waals surface area contributed by atoms with Crippen molar-refractivity contribution < 1.29 is 90.4 Å². The van der Waals surface area contributed by atoms with Gasteiger partial charge in [-0.25, -0.2) is 28.6 Å². The van der Waals surface area contributed by atoms with E-state index in [0.29, 0.717) is 0 Å². The number of aliphatic hydroxyl groups is 2. The second-order valence-corrected chi connectivity index (χ2v) is 20.8. The standard InChI is InChI=1S/C36H48N7O19P3S/c1-36(2,30(48)33(49)39-10-9-25(44)38-11-12-66-35(50)23(15-26(45)46)14-20-7-8-21-5-3-4-6-22(21)13-20)17-59-65(56,57)62-64(54,55)58-16-24-29(61-63(51,52)53)28(47)34(60-24)43-19-42-27-31(37)40-18-41-32(27)43/h3-8,13,18-19,23-24,28-30,34,47-48H,9-12,14-17H2,1-2H3,(H,38,44)(H,39,49)(H,45,46)(H,54,55)(H,56,57)(H2,37,40,41)(H2,51,52,53)/t23?,24-,28-,29-,30+,34-/m1/s1. The molecular weight excluding hydrogens is 959 g/mol. The third-order valence-electron chi connectivity index (χ3n) is 9.80. The maximum Gasteiger partial charge on any atom is 0.481 e. The Labute approximate surface area is 379 Å². The molecule has 1 aliphatic heterocycles. The summed E-state index contributed by atoms with van der Waals surface area (Å²) in [5.41, 5.74) is 5.00. The Morgan fingerprint density at radius 2 is 1.67 bits per heavy atom. The lowest BCUT2D eigenvalue weighted by Crippen LogP contribution is -2.46. The molecule has 0 aliphatic carbocycles. The number of anilines is 1. The van der Waals surface area contributed by atoms with Gasteiger partial charge in [0, 0.05) is 36.6 Å². The number of aliphatic hydroxyl groups excluding tert-OH is 2. The number of carbonyl (C=O) groups excluding carboxylic acids is 3. The number of carbonyl (C=O) groups is 4. The van der Waals surface area contributed by atoms with Crippen molar-refractivity contribution in [3.8, 4) is 0 Å². The van der Waals surface area contributed by atoms with E-state index in [-0.39, 0.29) is 60.2 Å². The molecule has 1 saturated heterocycles. The Morgan fingerprint density at radius 3 is 2.36 bits per heavy atom. The molecule has 2 aromatic heterocycles. The summed E-state index contributed by atoms with van der Waals surface area (Å²) in [5.74, 6) is -3.40. The van der Waals surface area contributed by atoms with Crippen molar-refractivity contribution in [2.24, 2.45) is 11.3 Å². The van der Waals surface area contributed by atoms with Crippen LogP contribution in [0.3, 0.4) is 0 Å². The number of aliphatic carboxylic acids is 1. The number of nitrogens with zero attached hydrogens (tertiary/aromatic N) is 4. The van der Waals surface area contributed by atoms with Gasteiger partial charge < -0.3 is 56.0 Å². The van der Waals surface area contributed by atoms with Gasteiger partial charge in [-0.15, -0.1) is 0 Å². The van der Waals surface area contributed by atoms with Crippen molar-refractivity contribution in [1.29, 1.82) is 0 Å². The molecule has 1 fully saturated rings. The van der Waals surface area contributed by atoms with Crippen LogP contribution >= 0.6 is 35.2 Å². The highest BCUT2D eigenvalue weighted by molar-refractivity contribution is 8.13. The van der Waals surface area contributed by atoms with Gasteiger partial charge in [0.05, 0.1) is 26.0 Å². The first-order chi connectivity index (χ1) is 30.8. The number of rotatable bonds is 24. The number of ether oxygens (including phenoxy) is 1. The molecule has 11 N–H and O–H groups in total. The first kappa shape index (κ1) is 52.7. The second-order valence-electron chi connectivity index (χ2n) is 15.4. The predicted octanol–water partition coefficient (Wildman–Crippen LogP) is 1.15.